The SMILES string of the molecule is Fc1ccc(-c2cc(Cl)cnc2CBr)cc1. The van der Waals surface area contributed by atoms with E-state index >= 15 is 0 Å². The Hall–Kier alpha value is -0.930. The molecule has 1 aromatic heterocycles. The molecule has 1 nitrogen and oxygen atoms in total. The Morgan fingerprint density at radius 3 is 2.56 bits per heavy atom. The van der Waals surface area contributed by atoms with E-state index in [4.69, 9.17) is 11.6 Å². The molecular formula is C12H8BrClFN. The van der Waals surface area contributed by atoms with Crippen molar-refractivity contribution in [1.29, 1.82) is 0 Å². The van der Waals surface area contributed by atoms with Gasteiger partial charge in [-0.25, -0.2) is 4.39 Å². The van der Waals surface area contributed by atoms with E-state index in [1.165, 1.54) is 12.1 Å². The van der Waals surface area contributed by atoms with Crippen LogP contribution in [0.4, 0.5) is 4.39 Å². The van der Waals surface area contributed by atoms with Crippen molar-refractivity contribution < 1.29 is 4.39 Å². The molecule has 0 atom stereocenters. The molecule has 0 saturated carbocycles. The van der Waals surface area contributed by atoms with Gasteiger partial charge in [-0.2, -0.15) is 0 Å². The second kappa shape index (κ2) is 4.93. The minimum absolute atomic E-state index is 0.251. The molecule has 2 aromatic rings. The van der Waals surface area contributed by atoms with E-state index in [0.29, 0.717) is 10.4 Å². The second-order valence-electron chi connectivity index (χ2n) is 3.29. The zero-order valence-electron chi connectivity index (χ0n) is 8.25. The smallest absolute Gasteiger partial charge is 0.123 e. The number of hydrogen-bond donors (Lipinski definition) is 0. The molecule has 2 rings (SSSR count). The standard InChI is InChI=1S/C12H8BrClFN/c13-6-12-11(5-9(14)7-16-12)8-1-3-10(15)4-2-8/h1-5,7H,6H2. The monoisotopic (exact) mass is 299 g/mol. The van der Waals surface area contributed by atoms with Crippen molar-refractivity contribution in [2.75, 3.05) is 0 Å². The van der Waals surface area contributed by atoms with Gasteiger partial charge < -0.3 is 0 Å². The molecule has 1 heterocycles. The highest BCUT2D eigenvalue weighted by Gasteiger charge is 2.06. The fourth-order valence-corrected chi connectivity index (χ4v) is 2.06. The lowest BCUT2D eigenvalue weighted by Crippen LogP contribution is -1.90. The first-order valence-electron chi connectivity index (χ1n) is 4.67. The summed E-state index contributed by atoms with van der Waals surface area (Å²) in [4.78, 5) is 4.22. The molecule has 0 saturated heterocycles. The second-order valence-corrected chi connectivity index (χ2v) is 4.29. The number of aromatic nitrogens is 1. The van der Waals surface area contributed by atoms with E-state index in [1.54, 1.807) is 18.3 Å². The van der Waals surface area contributed by atoms with Crippen LogP contribution in [0.2, 0.25) is 5.02 Å². The van der Waals surface area contributed by atoms with E-state index < -0.39 is 0 Å². The van der Waals surface area contributed by atoms with Crippen LogP contribution >= 0.6 is 27.5 Å². The number of rotatable bonds is 2. The number of alkyl halides is 1. The molecule has 0 aliphatic heterocycles. The van der Waals surface area contributed by atoms with E-state index in [2.05, 4.69) is 20.9 Å². The fourth-order valence-electron chi connectivity index (χ4n) is 1.45. The number of halogens is 3. The van der Waals surface area contributed by atoms with Crippen LogP contribution in [0.25, 0.3) is 11.1 Å². The predicted molar refractivity (Wildman–Crippen MR) is 67.3 cm³/mol. The zero-order valence-corrected chi connectivity index (χ0v) is 10.6. The van der Waals surface area contributed by atoms with Crippen molar-refractivity contribution in [3.05, 3.63) is 53.1 Å². The molecule has 16 heavy (non-hydrogen) atoms. The van der Waals surface area contributed by atoms with Gasteiger partial charge in [-0.3, -0.25) is 4.98 Å². The Kier molecular flexibility index (Phi) is 3.56. The molecule has 0 aliphatic carbocycles. The van der Waals surface area contributed by atoms with Crippen molar-refractivity contribution >= 4 is 27.5 Å². The minimum Gasteiger partial charge on any atom is -0.258 e. The summed E-state index contributed by atoms with van der Waals surface area (Å²) in [7, 11) is 0. The summed E-state index contributed by atoms with van der Waals surface area (Å²) in [5.41, 5.74) is 2.71. The molecule has 1 aromatic carbocycles. The molecule has 0 fully saturated rings. The first kappa shape index (κ1) is 11.6. The lowest BCUT2D eigenvalue weighted by atomic mass is 10.0. The molecule has 0 N–H and O–H groups in total. The van der Waals surface area contributed by atoms with Gasteiger partial charge in [0.05, 0.1) is 10.7 Å². The van der Waals surface area contributed by atoms with Crippen molar-refractivity contribution in [2.24, 2.45) is 0 Å². The van der Waals surface area contributed by atoms with Crippen LogP contribution in [0.1, 0.15) is 5.69 Å². The zero-order chi connectivity index (χ0) is 11.5. The van der Waals surface area contributed by atoms with E-state index in [9.17, 15) is 4.39 Å². The number of pyridine rings is 1. The molecular weight excluding hydrogens is 292 g/mol. The summed E-state index contributed by atoms with van der Waals surface area (Å²) in [5, 5.41) is 1.21. The summed E-state index contributed by atoms with van der Waals surface area (Å²) in [6.07, 6.45) is 1.60. The van der Waals surface area contributed by atoms with E-state index in [1.807, 2.05) is 6.07 Å². The van der Waals surface area contributed by atoms with Crippen LogP contribution in [0, 0.1) is 5.82 Å². The fraction of sp³-hybridized carbons (Fsp3) is 0.0833. The maximum Gasteiger partial charge on any atom is 0.123 e. The molecule has 0 radical (unpaired) electrons. The van der Waals surface area contributed by atoms with Crippen molar-refractivity contribution in [1.82, 2.24) is 4.98 Å². The molecule has 0 aliphatic rings. The topological polar surface area (TPSA) is 12.9 Å². The van der Waals surface area contributed by atoms with Crippen molar-refractivity contribution in [3.8, 4) is 11.1 Å². The Bertz CT molecular complexity index is 499. The van der Waals surface area contributed by atoms with Crippen LogP contribution < -0.4 is 0 Å². The highest BCUT2D eigenvalue weighted by atomic mass is 79.9. The Balaban J connectivity index is 2.53. The van der Waals surface area contributed by atoms with E-state index in [0.717, 1.165) is 16.8 Å². The van der Waals surface area contributed by atoms with Gasteiger partial charge in [0.2, 0.25) is 0 Å². The van der Waals surface area contributed by atoms with Gasteiger partial charge in [-0.15, -0.1) is 0 Å². The molecule has 0 unspecified atom stereocenters. The average Bonchev–Trinajstić information content (AvgIpc) is 2.30. The van der Waals surface area contributed by atoms with Gasteiger partial charge in [0.25, 0.3) is 0 Å². The lowest BCUT2D eigenvalue weighted by Gasteiger charge is -2.07. The summed E-state index contributed by atoms with van der Waals surface area (Å²) in [5.74, 6) is -0.251. The van der Waals surface area contributed by atoms with Crippen LogP contribution in [0.15, 0.2) is 36.5 Å². The third kappa shape index (κ3) is 2.42. The van der Waals surface area contributed by atoms with Gasteiger partial charge in [-0.05, 0) is 23.8 Å². The molecule has 0 amide bonds. The van der Waals surface area contributed by atoms with Crippen LogP contribution in [0.3, 0.4) is 0 Å². The molecule has 0 bridgehead atoms. The summed E-state index contributed by atoms with van der Waals surface area (Å²) in [6, 6.07) is 8.12. The Morgan fingerprint density at radius 2 is 1.94 bits per heavy atom. The quantitative estimate of drug-likeness (QED) is 0.747. The minimum atomic E-state index is -0.251. The first-order valence-corrected chi connectivity index (χ1v) is 6.17. The average molecular weight is 301 g/mol. The normalized spacial score (nSPS) is 10.4. The van der Waals surface area contributed by atoms with Crippen molar-refractivity contribution in [2.45, 2.75) is 5.33 Å². The number of nitrogens with zero attached hydrogens (tertiary/aromatic N) is 1. The van der Waals surface area contributed by atoms with Crippen molar-refractivity contribution in [3.63, 3.8) is 0 Å². The lowest BCUT2D eigenvalue weighted by molar-refractivity contribution is 0.628. The highest BCUT2D eigenvalue weighted by Crippen LogP contribution is 2.26. The number of hydrogen-bond acceptors (Lipinski definition) is 1. The maximum atomic E-state index is 12.8. The van der Waals surface area contributed by atoms with Gasteiger partial charge in [0.1, 0.15) is 5.82 Å². The van der Waals surface area contributed by atoms with Crippen LogP contribution in [-0.4, -0.2) is 4.98 Å². The first-order chi connectivity index (χ1) is 7.70. The Morgan fingerprint density at radius 1 is 1.25 bits per heavy atom. The van der Waals surface area contributed by atoms with Gasteiger partial charge in [-0.1, -0.05) is 39.7 Å². The third-order valence-electron chi connectivity index (χ3n) is 2.22. The highest BCUT2D eigenvalue weighted by molar-refractivity contribution is 9.08. The number of benzene rings is 1. The predicted octanol–water partition coefficient (Wildman–Crippen LogP) is 4.44. The maximum absolute atomic E-state index is 12.8. The molecule has 4 heteroatoms. The van der Waals surface area contributed by atoms with Gasteiger partial charge in [0.15, 0.2) is 0 Å². The van der Waals surface area contributed by atoms with Crippen LogP contribution in [-0.2, 0) is 5.33 Å². The molecule has 82 valence electrons. The Labute approximate surface area is 106 Å². The third-order valence-corrected chi connectivity index (χ3v) is 2.96. The summed E-state index contributed by atoms with van der Waals surface area (Å²) < 4.78 is 12.8. The summed E-state index contributed by atoms with van der Waals surface area (Å²) >= 11 is 9.27. The van der Waals surface area contributed by atoms with Crippen LogP contribution in [0.5, 0.6) is 0 Å². The molecule has 0 spiro atoms. The van der Waals surface area contributed by atoms with Gasteiger partial charge in [0, 0.05) is 17.1 Å². The van der Waals surface area contributed by atoms with E-state index in [-0.39, 0.29) is 5.82 Å². The summed E-state index contributed by atoms with van der Waals surface area (Å²) in [6.45, 7) is 0. The van der Waals surface area contributed by atoms with Gasteiger partial charge >= 0.3 is 0 Å². The largest absolute Gasteiger partial charge is 0.258 e.